The van der Waals surface area contributed by atoms with Crippen molar-refractivity contribution in [1.82, 2.24) is 4.90 Å². The van der Waals surface area contributed by atoms with Crippen molar-refractivity contribution in [2.75, 3.05) is 21.3 Å². The molecule has 4 N–H and O–H groups in total. The topological polar surface area (TPSA) is 191 Å². The Morgan fingerprint density at radius 1 is 0.895 bits per heavy atom. The van der Waals surface area contributed by atoms with Crippen LogP contribution in [0.3, 0.4) is 0 Å². The van der Waals surface area contributed by atoms with Crippen LogP contribution in [-0.2, 0) is 42.8 Å². The molecule has 4 heterocycles. The van der Waals surface area contributed by atoms with E-state index in [9.17, 15) is 34.8 Å². The van der Waals surface area contributed by atoms with Crippen molar-refractivity contribution >= 4 is 17.7 Å². The SMILES string of the molecule is CC[C@@H]1/C=C(\C)C[C@H](C)C[C@H](OC)[C@H]2O[C@](O)([C@H](C)C[C@@H]2OC)C2(O)O[C@@H]3CCC[C@@H](C(=O)O[C@H](/C(C)=C/[C@@H]4CC[C@@H](O)[C@H](OC)C4)[C@H](C)[C@@H](O)CC1=O)N3C2=O. The summed E-state index contributed by atoms with van der Waals surface area (Å²) in [7, 11) is 4.64. The van der Waals surface area contributed by atoms with Gasteiger partial charge in [0.15, 0.2) is 0 Å². The number of cyclic esters (lactones) is 1. The zero-order chi connectivity index (χ0) is 42.0. The number of allylic oxidation sites excluding steroid dienone is 3. The number of piperidine rings is 1. The van der Waals surface area contributed by atoms with Gasteiger partial charge in [-0.3, -0.25) is 14.5 Å². The number of hydrogen-bond acceptors (Lipinski definition) is 13. The monoisotopic (exact) mass is 807 g/mol. The number of hydrogen-bond donors (Lipinski definition) is 4. The Labute approximate surface area is 338 Å². The highest BCUT2D eigenvalue weighted by atomic mass is 16.7. The van der Waals surface area contributed by atoms with E-state index in [0.29, 0.717) is 56.9 Å². The third kappa shape index (κ3) is 9.39. The molecule has 0 aromatic rings. The standard InChI is InChI=1S/C43H69NO13/c1-10-29-17-23(2)16-24(3)18-35(53-8)39-36(54-9)20-26(5)42(50,57-39)43(51)41(49)44-30(12-11-13-37(44)56-43)40(48)55-38(27(6)32(46)22-33(29)47)25(4)19-28-14-15-31(45)34(21-28)52-7/h17,19,24,26-32,34-39,45-46,50-51H,10-16,18,20-22H2,1-9H3/b23-17+,25-19+/t24-,26+,27+,28-,29+,30-,31+,32-,34+,35-,36-,37+,38+,39+,42+,43?/m0/s1. The molecule has 4 bridgehead atoms. The molecule has 0 aromatic heterocycles. The smallest absolute Gasteiger partial charge is 0.329 e. The lowest BCUT2D eigenvalue weighted by Gasteiger charge is -2.51. The molecule has 0 aromatic carbocycles. The molecule has 324 valence electrons. The normalized spacial score (nSPS) is 45.5. The summed E-state index contributed by atoms with van der Waals surface area (Å²) in [4.78, 5) is 43.9. The minimum Gasteiger partial charge on any atom is -0.456 e. The summed E-state index contributed by atoms with van der Waals surface area (Å²) in [5.41, 5.74) is 1.65. The van der Waals surface area contributed by atoms with Crippen LogP contribution >= 0.6 is 0 Å². The molecule has 14 nitrogen and oxygen atoms in total. The van der Waals surface area contributed by atoms with Crippen LogP contribution in [-0.4, -0.2) is 131 Å². The fourth-order valence-corrected chi connectivity index (χ4v) is 10.1. The van der Waals surface area contributed by atoms with E-state index in [4.69, 9.17) is 28.4 Å². The summed E-state index contributed by atoms with van der Waals surface area (Å²) in [6, 6.07) is -1.18. The van der Waals surface area contributed by atoms with Crippen molar-refractivity contribution in [2.45, 2.75) is 179 Å². The molecule has 57 heavy (non-hydrogen) atoms. The van der Waals surface area contributed by atoms with Crippen LogP contribution in [0.1, 0.15) is 112 Å². The maximum absolute atomic E-state index is 14.5. The Bertz CT molecular complexity index is 1490. The highest BCUT2D eigenvalue weighted by molar-refractivity contribution is 5.91. The average molecular weight is 808 g/mol. The van der Waals surface area contributed by atoms with Crippen LogP contribution in [0.2, 0.25) is 0 Å². The van der Waals surface area contributed by atoms with E-state index in [2.05, 4.69) is 6.92 Å². The van der Waals surface area contributed by atoms with Gasteiger partial charge in [-0.05, 0) is 95.5 Å². The molecule has 1 saturated carbocycles. The van der Waals surface area contributed by atoms with Gasteiger partial charge in [0.1, 0.15) is 30.3 Å². The molecule has 0 spiro atoms. The maximum atomic E-state index is 14.5. The molecule has 0 radical (unpaired) electrons. The summed E-state index contributed by atoms with van der Waals surface area (Å²) in [5.74, 6) is -9.28. The number of carbonyl (C=O) groups is 3. The molecule has 14 heteroatoms. The van der Waals surface area contributed by atoms with Crippen LogP contribution < -0.4 is 0 Å². The number of amides is 1. The van der Waals surface area contributed by atoms with Gasteiger partial charge in [-0.1, -0.05) is 45.4 Å². The molecule has 3 saturated heterocycles. The second kappa shape index (κ2) is 19.0. The average Bonchev–Trinajstić information content (AvgIpc) is 3.45. The van der Waals surface area contributed by atoms with Crippen LogP contribution in [0.15, 0.2) is 23.3 Å². The van der Waals surface area contributed by atoms with E-state index in [1.807, 2.05) is 32.9 Å². The molecule has 4 aliphatic heterocycles. The first-order valence-electron chi connectivity index (χ1n) is 21.1. The first kappa shape index (κ1) is 45.8. The number of aliphatic hydroxyl groups is 4. The van der Waals surface area contributed by atoms with E-state index in [1.54, 1.807) is 21.0 Å². The number of methoxy groups -OCH3 is 3. The number of Topliss-reactive ketones (excluding diaryl/α,β-unsaturated/α-hetero) is 1. The summed E-state index contributed by atoms with van der Waals surface area (Å²) in [6.45, 7) is 11.2. The zero-order valence-corrected chi connectivity index (χ0v) is 35.4. The third-order valence-electron chi connectivity index (χ3n) is 13.5. The lowest BCUT2D eigenvalue weighted by Crippen LogP contribution is -2.70. The molecule has 1 amide bonds. The van der Waals surface area contributed by atoms with Gasteiger partial charge in [-0.2, -0.15) is 0 Å². The fourth-order valence-electron chi connectivity index (χ4n) is 10.1. The van der Waals surface area contributed by atoms with Crippen molar-refractivity contribution in [3.8, 4) is 0 Å². The highest BCUT2D eigenvalue weighted by Crippen LogP contribution is 2.49. The predicted molar refractivity (Wildman–Crippen MR) is 208 cm³/mol. The van der Waals surface area contributed by atoms with Gasteiger partial charge in [0.25, 0.3) is 5.91 Å². The number of esters is 1. The van der Waals surface area contributed by atoms with Crippen molar-refractivity contribution in [3.05, 3.63) is 23.3 Å². The van der Waals surface area contributed by atoms with Crippen LogP contribution in [0, 0.1) is 29.6 Å². The number of ketones is 1. The number of nitrogens with zero attached hydrogens (tertiary/aromatic N) is 1. The third-order valence-corrected chi connectivity index (χ3v) is 13.5. The van der Waals surface area contributed by atoms with Gasteiger partial charge < -0.3 is 48.8 Å². The predicted octanol–water partition coefficient (Wildman–Crippen LogP) is 3.95. The molecule has 1 unspecified atom stereocenters. The van der Waals surface area contributed by atoms with Crippen molar-refractivity contribution in [1.29, 1.82) is 0 Å². The van der Waals surface area contributed by atoms with E-state index >= 15 is 0 Å². The summed E-state index contributed by atoms with van der Waals surface area (Å²) >= 11 is 0. The second-order valence-corrected chi connectivity index (χ2v) is 17.7. The minimum absolute atomic E-state index is 0.00626. The molecule has 1 aliphatic carbocycles. The lowest BCUT2D eigenvalue weighted by molar-refractivity contribution is -0.418. The zero-order valence-electron chi connectivity index (χ0n) is 35.4. The minimum atomic E-state index is -2.86. The Kier molecular flexibility index (Phi) is 15.2. The van der Waals surface area contributed by atoms with Crippen LogP contribution in [0.5, 0.6) is 0 Å². The summed E-state index contributed by atoms with van der Waals surface area (Å²) < 4.78 is 36.1. The van der Waals surface area contributed by atoms with Gasteiger partial charge in [-0.15, -0.1) is 0 Å². The number of carbonyl (C=O) groups excluding carboxylic acids is 3. The number of fused-ring (bicyclic) bond motifs is 4. The molecular formula is C43H69NO13. The molecule has 4 fully saturated rings. The largest absolute Gasteiger partial charge is 0.456 e. The molecule has 5 aliphatic rings. The first-order chi connectivity index (χ1) is 26.9. The van der Waals surface area contributed by atoms with E-state index in [0.717, 1.165) is 5.57 Å². The number of rotatable bonds is 6. The van der Waals surface area contributed by atoms with Crippen molar-refractivity contribution in [3.63, 3.8) is 0 Å². The maximum Gasteiger partial charge on any atom is 0.329 e. The fraction of sp³-hybridized carbons (Fsp3) is 0.837. The highest BCUT2D eigenvalue weighted by Gasteiger charge is 2.71. The quantitative estimate of drug-likeness (QED) is 0.223. The van der Waals surface area contributed by atoms with Gasteiger partial charge in [0, 0.05) is 45.5 Å². The van der Waals surface area contributed by atoms with Gasteiger partial charge in [-0.25, -0.2) is 4.79 Å². The number of aliphatic hydroxyl groups excluding tert-OH is 2. The van der Waals surface area contributed by atoms with Crippen molar-refractivity contribution < 1.29 is 63.2 Å². The van der Waals surface area contributed by atoms with E-state index in [-0.39, 0.29) is 43.0 Å². The van der Waals surface area contributed by atoms with E-state index < -0.39 is 90.1 Å². The molecule has 16 atom stereocenters. The second-order valence-electron chi connectivity index (χ2n) is 17.7. The van der Waals surface area contributed by atoms with Gasteiger partial charge >= 0.3 is 11.8 Å². The number of ether oxygens (including phenoxy) is 6. The lowest BCUT2D eigenvalue weighted by atomic mass is 9.80. The summed E-state index contributed by atoms with van der Waals surface area (Å²) in [5, 5.41) is 46.8. The Balaban J connectivity index is 1.56. The molecular weight excluding hydrogens is 738 g/mol. The molecule has 5 rings (SSSR count). The first-order valence-corrected chi connectivity index (χ1v) is 21.1. The Hall–Kier alpha value is -2.27. The Morgan fingerprint density at radius 3 is 2.21 bits per heavy atom. The van der Waals surface area contributed by atoms with Gasteiger partial charge in [0.2, 0.25) is 5.79 Å². The van der Waals surface area contributed by atoms with Crippen molar-refractivity contribution in [2.24, 2.45) is 29.6 Å². The van der Waals surface area contributed by atoms with Crippen LogP contribution in [0.4, 0.5) is 0 Å². The van der Waals surface area contributed by atoms with Crippen LogP contribution in [0.25, 0.3) is 0 Å². The summed E-state index contributed by atoms with van der Waals surface area (Å²) in [6.07, 6.45) is 2.14. The van der Waals surface area contributed by atoms with E-state index in [1.165, 1.54) is 19.1 Å². The van der Waals surface area contributed by atoms with Gasteiger partial charge in [0.05, 0.1) is 30.5 Å². The Morgan fingerprint density at radius 2 is 1.56 bits per heavy atom.